The molecule has 3 aromatic rings. The SMILES string of the molecule is CCCCCC(=O)NC[C@H](c1ccc(OC)cc1)c1c[nH]c2ccccc12. The van der Waals surface area contributed by atoms with Gasteiger partial charge in [-0.1, -0.05) is 50.1 Å². The van der Waals surface area contributed by atoms with Crippen LogP contribution in [0.4, 0.5) is 0 Å². The molecule has 1 amide bonds. The average Bonchev–Trinajstić information content (AvgIpc) is 3.13. The highest BCUT2D eigenvalue weighted by Crippen LogP contribution is 2.31. The van der Waals surface area contributed by atoms with Crippen molar-refractivity contribution < 1.29 is 9.53 Å². The molecule has 1 atom stereocenters. The number of aromatic nitrogens is 1. The molecule has 2 N–H and O–H groups in total. The Balaban J connectivity index is 1.83. The van der Waals surface area contributed by atoms with E-state index in [1.165, 1.54) is 10.9 Å². The number of hydrogen-bond acceptors (Lipinski definition) is 2. The number of H-pyrrole nitrogens is 1. The van der Waals surface area contributed by atoms with E-state index in [0.29, 0.717) is 13.0 Å². The molecule has 0 aliphatic carbocycles. The van der Waals surface area contributed by atoms with E-state index in [1.54, 1.807) is 7.11 Å². The highest BCUT2D eigenvalue weighted by atomic mass is 16.5. The first-order valence-electron chi connectivity index (χ1n) is 9.69. The summed E-state index contributed by atoms with van der Waals surface area (Å²) in [7, 11) is 1.67. The zero-order valence-corrected chi connectivity index (χ0v) is 16.1. The number of para-hydroxylation sites is 1. The Labute approximate surface area is 160 Å². The Hall–Kier alpha value is -2.75. The molecule has 142 valence electrons. The van der Waals surface area contributed by atoms with Crippen molar-refractivity contribution in [1.82, 2.24) is 10.3 Å². The third kappa shape index (κ3) is 4.70. The molecule has 0 saturated carbocycles. The highest BCUT2D eigenvalue weighted by molar-refractivity contribution is 5.84. The molecule has 0 radical (unpaired) electrons. The average molecular weight is 364 g/mol. The second kappa shape index (κ2) is 9.26. The molecule has 0 fully saturated rings. The van der Waals surface area contributed by atoms with Crippen LogP contribution in [-0.2, 0) is 4.79 Å². The maximum Gasteiger partial charge on any atom is 0.220 e. The highest BCUT2D eigenvalue weighted by Gasteiger charge is 2.19. The molecule has 0 aliphatic rings. The van der Waals surface area contributed by atoms with Gasteiger partial charge in [0.1, 0.15) is 5.75 Å². The summed E-state index contributed by atoms with van der Waals surface area (Å²) in [6.45, 7) is 2.73. The fourth-order valence-electron chi connectivity index (χ4n) is 3.47. The number of benzene rings is 2. The van der Waals surface area contributed by atoms with Gasteiger partial charge < -0.3 is 15.0 Å². The van der Waals surface area contributed by atoms with Crippen LogP contribution >= 0.6 is 0 Å². The Bertz CT molecular complexity index is 867. The van der Waals surface area contributed by atoms with Crippen LogP contribution in [0.5, 0.6) is 5.75 Å². The summed E-state index contributed by atoms with van der Waals surface area (Å²) >= 11 is 0. The minimum absolute atomic E-state index is 0.0854. The van der Waals surface area contributed by atoms with Crippen LogP contribution in [0.2, 0.25) is 0 Å². The lowest BCUT2D eigenvalue weighted by atomic mass is 9.90. The van der Waals surface area contributed by atoms with Crippen LogP contribution in [0.25, 0.3) is 10.9 Å². The molecule has 1 heterocycles. The van der Waals surface area contributed by atoms with Gasteiger partial charge in [0.25, 0.3) is 0 Å². The molecule has 4 nitrogen and oxygen atoms in total. The molecule has 3 rings (SSSR count). The van der Waals surface area contributed by atoms with Gasteiger partial charge in [0.05, 0.1) is 7.11 Å². The van der Waals surface area contributed by atoms with Crippen LogP contribution < -0.4 is 10.1 Å². The molecular weight excluding hydrogens is 336 g/mol. The molecule has 1 aromatic heterocycles. The molecule has 0 saturated heterocycles. The molecule has 0 aliphatic heterocycles. The number of fused-ring (bicyclic) bond motifs is 1. The molecule has 0 bridgehead atoms. The van der Waals surface area contributed by atoms with Crippen molar-refractivity contribution in [2.24, 2.45) is 0 Å². The van der Waals surface area contributed by atoms with E-state index < -0.39 is 0 Å². The smallest absolute Gasteiger partial charge is 0.220 e. The van der Waals surface area contributed by atoms with Crippen LogP contribution in [-0.4, -0.2) is 24.5 Å². The summed E-state index contributed by atoms with van der Waals surface area (Å²) in [5, 5.41) is 4.33. The van der Waals surface area contributed by atoms with Crippen LogP contribution in [0, 0.1) is 0 Å². The normalized spacial score (nSPS) is 12.1. The number of aromatic amines is 1. The first-order valence-corrected chi connectivity index (χ1v) is 9.69. The molecular formula is C23H28N2O2. The minimum atomic E-state index is 0.0854. The molecule has 27 heavy (non-hydrogen) atoms. The third-order valence-electron chi connectivity index (χ3n) is 5.03. The van der Waals surface area contributed by atoms with Gasteiger partial charge in [0.2, 0.25) is 5.91 Å². The van der Waals surface area contributed by atoms with Crippen LogP contribution in [0.1, 0.15) is 49.7 Å². The standard InChI is InChI=1S/C23H28N2O2/c1-3-4-5-10-23(26)25-15-20(17-11-13-18(27-2)14-12-17)21-16-24-22-9-7-6-8-19(21)22/h6-9,11-14,16,20,24H,3-5,10,15H2,1-2H3,(H,25,26)/t20-/m1/s1. The number of ether oxygens (including phenoxy) is 1. The van der Waals surface area contributed by atoms with Crippen molar-refractivity contribution in [2.75, 3.05) is 13.7 Å². The Morgan fingerprint density at radius 1 is 1.11 bits per heavy atom. The summed E-state index contributed by atoms with van der Waals surface area (Å²) in [6.07, 6.45) is 5.82. The predicted octanol–water partition coefficient (Wildman–Crippen LogP) is 5.00. The Morgan fingerprint density at radius 2 is 1.89 bits per heavy atom. The Morgan fingerprint density at radius 3 is 2.63 bits per heavy atom. The summed E-state index contributed by atoms with van der Waals surface area (Å²) in [5.74, 6) is 1.05. The molecule has 0 spiro atoms. The van der Waals surface area contributed by atoms with Crippen molar-refractivity contribution >= 4 is 16.8 Å². The number of hydrogen-bond donors (Lipinski definition) is 2. The van der Waals surface area contributed by atoms with E-state index in [0.717, 1.165) is 36.1 Å². The van der Waals surface area contributed by atoms with Gasteiger partial charge in [0, 0.05) is 36.0 Å². The number of unbranched alkanes of at least 4 members (excludes halogenated alkanes) is 2. The third-order valence-corrected chi connectivity index (χ3v) is 5.03. The lowest BCUT2D eigenvalue weighted by Gasteiger charge is -2.18. The van der Waals surface area contributed by atoms with Crippen molar-refractivity contribution in [3.63, 3.8) is 0 Å². The van der Waals surface area contributed by atoms with Gasteiger partial charge >= 0.3 is 0 Å². The number of amides is 1. The largest absolute Gasteiger partial charge is 0.497 e. The lowest BCUT2D eigenvalue weighted by molar-refractivity contribution is -0.121. The van der Waals surface area contributed by atoms with Gasteiger partial charge in [-0.2, -0.15) is 0 Å². The van der Waals surface area contributed by atoms with Crippen molar-refractivity contribution in [2.45, 2.75) is 38.5 Å². The van der Waals surface area contributed by atoms with Crippen molar-refractivity contribution in [1.29, 1.82) is 0 Å². The zero-order valence-electron chi connectivity index (χ0n) is 16.1. The zero-order chi connectivity index (χ0) is 19.1. The number of rotatable bonds is 9. The quantitative estimate of drug-likeness (QED) is 0.525. The summed E-state index contributed by atoms with van der Waals surface area (Å²) in [5.41, 5.74) is 3.47. The van der Waals surface area contributed by atoms with E-state index in [-0.39, 0.29) is 11.8 Å². The second-order valence-corrected chi connectivity index (χ2v) is 6.88. The van der Waals surface area contributed by atoms with Crippen LogP contribution in [0.15, 0.2) is 54.7 Å². The predicted molar refractivity (Wildman–Crippen MR) is 110 cm³/mol. The fourth-order valence-corrected chi connectivity index (χ4v) is 3.47. The number of carbonyl (C=O) groups excluding carboxylic acids is 1. The lowest BCUT2D eigenvalue weighted by Crippen LogP contribution is -2.28. The number of carbonyl (C=O) groups is 1. The van der Waals surface area contributed by atoms with Crippen molar-refractivity contribution in [3.8, 4) is 5.75 Å². The fraction of sp³-hybridized carbons (Fsp3) is 0.348. The van der Waals surface area contributed by atoms with Gasteiger partial charge in [-0.15, -0.1) is 0 Å². The summed E-state index contributed by atoms with van der Waals surface area (Å²) in [4.78, 5) is 15.6. The monoisotopic (exact) mass is 364 g/mol. The van der Waals surface area contributed by atoms with E-state index in [9.17, 15) is 4.79 Å². The maximum atomic E-state index is 12.2. The van der Waals surface area contributed by atoms with Gasteiger partial charge in [-0.3, -0.25) is 4.79 Å². The van der Waals surface area contributed by atoms with Gasteiger partial charge in [0.15, 0.2) is 0 Å². The molecule has 4 heteroatoms. The number of nitrogens with one attached hydrogen (secondary N) is 2. The van der Waals surface area contributed by atoms with E-state index in [2.05, 4.69) is 47.7 Å². The summed E-state index contributed by atoms with van der Waals surface area (Å²) in [6, 6.07) is 16.4. The molecule has 2 aromatic carbocycles. The summed E-state index contributed by atoms with van der Waals surface area (Å²) < 4.78 is 5.29. The second-order valence-electron chi connectivity index (χ2n) is 6.88. The van der Waals surface area contributed by atoms with E-state index >= 15 is 0 Å². The van der Waals surface area contributed by atoms with E-state index in [1.807, 2.05) is 24.3 Å². The van der Waals surface area contributed by atoms with Gasteiger partial charge in [-0.05, 0) is 35.7 Å². The minimum Gasteiger partial charge on any atom is -0.497 e. The van der Waals surface area contributed by atoms with Crippen LogP contribution in [0.3, 0.4) is 0 Å². The Kier molecular flexibility index (Phi) is 6.53. The topological polar surface area (TPSA) is 54.1 Å². The van der Waals surface area contributed by atoms with Crippen molar-refractivity contribution in [3.05, 3.63) is 65.9 Å². The first-order chi connectivity index (χ1) is 13.2. The first kappa shape index (κ1) is 19.0. The maximum absolute atomic E-state index is 12.2. The van der Waals surface area contributed by atoms with E-state index in [4.69, 9.17) is 4.74 Å². The van der Waals surface area contributed by atoms with Gasteiger partial charge in [-0.25, -0.2) is 0 Å². The molecule has 0 unspecified atom stereocenters. The number of methoxy groups -OCH3 is 1.